The summed E-state index contributed by atoms with van der Waals surface area (Å²) in [4.78, 5) is 10.9. The summed E-state index contributed by atoms with van der Waals surface area (Å²) >= 11 is 0. The summed E-state index contributed by atoms with van der Waals surface area (Å²) in [5.74, 6) is 2.48. The normalized spacial score (nSPS) is 35.6. The number of nitrogens with two attached hydrogens (primary N) is 1. The Morgan fingerprint density at radius 2 is 2.28 bits per heavy atom. The predicted molar refractivity (Wildman–Crippen MR) is 69.9 cm³/mol. The van der Waals surface area contributed by atoms with Crippen molar-refractivity contribution in [2.75, 3.05) is 6.54 Å². The van der Waals surface area contributed by atoms with Crippen molar-refractivity contribution in [3.63, 3.8) is 0 Å². The zero-order valence-corrected chi connectivity index (χ0v) is 10.8. The SMILES string of the molecule is NCC(CC(=O)O)C1C[C@H]2C=C(CC3CC3)C[C@@H]12. The maximum atomic E-state index is 10.9. The number of fused-ring (bicyclic) bond motifs is 1. The zero-order chi connectivity index (χ0) is 12.7. The van der Waals surface area contributed by atoms with E-state index in [0.29, 0.717) is 18.4 Å². The van der Waals surface area contributed by atoms with Gasteiger partial charge in [0.25, 0.3) is 0 Å². The third-order valence-corrected chi connectivity index (χ3v) is 5.18. The molecule has 0 aliphatic heterocycles. The van der Waals surface area contributed by atoms with Crippen molar-refractivity contribution in [1.29, 1.82) is 0 Å². The number of hydrogen-bond acceptors (Lipinski definition) is 2. The van der Waals surface area contributed by atoms with Gasteiger partial charge < -0.3 is 10.8 Å². The summed E-state index contributed by atoms with van der Waals surface area (Å²) in [5.41, 5.74) is 7.41. The maximum absolute atomic E-state index is 10.9. The van der Waals surface area contributed by atoms with Crippen molar-refractivity contribution >= 4 is 5.97 Å². The van der Waals surface area contributed by atoms with Crippen LogP contribution in [0.25, 0.3) is 0 Å². The van der Waals surface area contributed by atoms with Crippen LogP contribution in [0, 0.1) is 29.6 Å². The standard InChI is InChI=1S/C15H23NO2/c16-8-12(7-15(17)18)14-6-11-4-10(5-13(11)14)3-9-1-2-9/h4,9,11-14H,1-3,5-8,16H2,(H,17,18)/t11-,12?,13-,14?/m1/s1. The predicted octanol–water partition coefficient (Wildman–Crippen LogP) is 2.42. The molecule has 3 N–H and O–H groups in total. The van der Waals surface area contributed by atoms with Crippen molar-refractivity contribution in [2.24, 2.45) is 35.3 Å². The molecule has 0 radical (unpaired) electrons. The summed E-state index contributed by atoms with van der Waals surface area (Å²) in [6, 6.07) is 0. The molecule has 0 heterocycles. The molecule has 2 fully saturated rings. The fourth-order valence-corrected chi connectivity index (χ4v) is 3.97. The van der Waals surface area contributed by atoms with Crippen LogP contribution in [-0.2, 0) is 4.79 Å². The number of carboxylic acids is 1. The van der Waals surface area contributed by atoms with Crippen molar-refractivity contribution < 1.29 is 9.90 Å². The lowest BCUT2D eigenvalue weighted by Gasteiger charge is -2.44. The van der Waals surface area contributed by atoms with Gasteiger partial charge in [-0.25, -0.2) is 0 Å². The second kappa shape index (κ2) is 4.69. The van der Waals surface area contributed by atoms with Gasteiger partial charge in [0.2, 0.25) is 0 Å². The molecule has 3 aliphatic rings. The van der Waals surface area contributed by atoms with Crippen LogP contribution < -0.4 is 5.73 Å². The Hall–Kier alpha value is -0.830. The Bertz CT molecular complexity index is 373. The third kappa shape index (κ3) is 2.33. The summed E-state index contributed by atoms with van der Waals surface area (Å²) < 4.78 is 0. The van der Waals surface area contributed by atoms with Gasteiger partial charge in [-0.2, -0.15) is 0 Å². The van der Waals surface area contributed by atoms with Gasteiger partial charge in [0.1, 0.15) is 0 Å². The first-order valence-electron chi connectivity index (χ1n) is 7.28. The molecular formula is C15H23NO2. The first-order chi connectivity index (χ1) is 8.67. The number of carboxylic acid groups (broad SMARTS) is 1. The van der Waals surface area contributed by atoms with Crippen LogP contribution in [0.3, 0.4) is 0 Å². The number of carbonyl (C=O) groups is 1. The van der Waals surface area contributed by atoms with Crippen molar-refractivity contribution in [2.45, 2.75) is 38.5 Å². The molecule has 0 aromatic carbocycles. The molecule has 2 saturated carbocycles. The Kier molecular flexibility index (Phi) is 3.18. The number of hydrogen-bond donors (Lipinski definition) is 2. The second-order valence-electron chi connectivity index (χ2n) is 6.50. The minimum absolute atomic E-state index is 0.192. The lowest BCUT2D eigenvalue weighted by Crippen LogP contribution is -2.41. The van der Waals surface area contributed by atoms with Gasteiger partial charge in [-0.3, -0.25) is 4.79 Å². The molecule has 100 valence electrons. The van der Waals surface area contributed by atoms with Crippen LogP contribution in [0.4, 0.5) is 0 Å². The Labute approximate surface area is 108 Å². The van der Waals surface area contributed by atoms with Gasteiger partial charge in [0.05, 0.1) is 0 Å². The average molecular weight is 249 g/mol. The summed E-state index contributed by atoms with van der Waals surface area (Å²) in [7, 11) is 0. The highest BCUT2D eigenvalue weighted by Crippen LogP contribution is 2.55. The van der Waals surface area contributed by atoms with E-state index in [0.717, 1.165) is 11.8 Å². The molecule has 18 heavy (non-hydrogen) atoms. The monoisotopic (exact) mass is 249 g/mol. The van der Waals surface area contributed by atoms with E-state index in [1.54, 1.807) is 5.57 Å². The summed E-state index contributed by atoms with van der Waals surface area (Å²) in [6.45, 7) is 0.526. The van der Waals surface area contributed by atoms with E-state index in [1.807, 2.05) is 0 Å². The molecular weight excluding hydrogens is 226 g/mol. The largest absolute Gasteiger partial charge is 0.481 e. The van der Waals surface area contributed by atoms with E-state index < -0.39 is 5.97 Å². The molecule has 0 bridgehead atoms. The molecule has 0 aromatic rings. The fourth-order valence-electron chi connectivity index (χ4n) is 3.97. The third-order valence-electron chi connectivity index (χ3n) is 5.18. The molecule has 3 heteroatoms. The topological polar surface area (TPSA) is 63.3 Å². The van der Waals surface area contributed by atoms with Gasteiger partial charge in [-0.05, 0) is 68.2 Å². The number of aliphatic carboxylic acids is 1. The number of rotatable bonds is 6. The van der Waals surface area contributed by atoms with E-state index in [2.05, 4.69) is 6.08 Å². The molecule has 3 aliphatic carbocycles. The smallest absolute Gasteiger partial charge is 0.303 e. The van der Waals surface area contributed by atoms with Crippen LogP contribution in [0.2, 0.25) is 0 Å². The van der Waals surface area contributed by atoms with E-state index >= 15 is 0 Å². The fraction of sp³-hybridized carbons (Fsp3) is 0.800. The van der Waals surface area contributed by atoms with Crippen molar-refractivity contribution in [1.82, 2.24) is 0 Å². The minimum atomic E-state index is -0.696. The highest BCUT2D eigenvalue weighted by Gasteiger charge is 2.47. The van der Waals surface area contributed by atoms with E-state index in [1.165, 1.54) is 32.1 Å². The molecule has 0 aromatic heterocycles. The maximum Gasteiger partial charge on any atom is 0.303 e. The molecule has 4 atom stereocenters. The van der Waals surface area contributed by atoms with Gasteiger partial charge in [-0.15, -0.1) is 0 Å². The van der Waals surface area contributed by atoms with Crippen molar-refractivity contribution in [3.05, 3.63) is 11.6 Å². The second-order valence-corrected chi connectivity index (χ2v) is 6.50. The zero-order valence-electron chi connectivity index (χ0n) is 10.8. The lowest BCUT2D eigenvalue weighted by molar-refractivity contribution is -0.139. The minimum Gasteiger partial charge on any atom is -0.481 e. The molecule has 0 amide bonds. The quantitative estimate of drug-likeness (QED) is 0.711. The first-order valence-corrected chi connectivity index (χ1v) is 7.28. The molecule has 0 spiro atoms. The van der Waals surface area contributed by atoms with E-state index in [-0.39, 0.29) is 12.3 Å². The van der Waals surface area contributed by atoms with Crippen LogP contribution in [-0.4, -0.2) is 17.6 Å². The van der Waals surface area contributed by atoms with E-state index in [4.69, 9.17) is 10.8 Å². The average Bonchev–Trinajstić information content (AvgIpc) is 3.06. The molecule has 2 unspecified atom stereocenters. The number of allylic oxidation sites excluding steroid dienone is 2. The highest BCUT2D eigenvalue weighted by atomic mass is 16.4. The summed E-state index contributed by atoms with van der Waals surface area (Å²) in [5, 5.41) is 8.93. The Balaban J connectivity index is 1.55. The van der Waals surface area contributed by atoms with Gasteiger partial charge >= 0.3 is 5.97 Å². The van der Waals surface area contributed by atoms with Crippen LogP contribution >= 0.6 is 0 Å². The molecule has 3 rings (SSSR count). The lowest BCUT2D eigenvalue weighted by atomic mass is 9.60. The molecule has 0 saturated heterocycles. The van der Waals surface area contributed by atoms with Gasteiger partial charge in [0, 0.05) is 6.42 Å². The summed E-state index contributed by atoms with van der Waals surface area (Å²) in [6.07, 6.45) is 9.29. The van der Waals surface area contributed by atoms with Crippen LogP contribution in [0.15, 0.2) is 11.6 Å². The Morgan fingerprint density at radius 3 is 2.89 bits per heavy atom. The van der Waals surface area contributed by atoms with Gasteiger partial charge in [-0.1, -0.05) is 11.6 Å². The van der Waals surface area contributed by atoms with Crippen molar-refractivity contribution in [3.8, 4) is 0 Å². The van der Waals surface area contributed by atoms with Crippen LogP contribution in [0.1, 0.15) is 38.5 Å². The van der Waals surface area contributed by atoms with Gasteiger partial charge in [0.15, 0.2) is 0 Å². The Morgan fingerprint density at radius 1 is 1.50 bits per heavy atom. The van der Waals surface area contributed by atoms with Crippen LogP contribution in [0.5, 0.6) is 0 Å². The first kappa shape index (κ1) is 12.2. The van der Waals surface area contributed by atoms with E-state index in [9.17, 15) is 4.79 Å². The molecule has 3 nitrogen and oxygen atoms in total. The highest BCUT2D eigenvalue weighted by molar-refractivity contribution is 5.67.